The molecule has 1 fully saturated rings. The summed E-state index contributed by atoms with van der Waals surface area (Å²) >= 11 is 0. The van der Waals surface area contributed by atoms with Crippen LogP contribution in [0.5, 0.6) is 0 Å². The van der Waals surface area contributed by atoms with E-state index in [1.54, 1.807) is 0 Å². The van der Waals surface area contributed by atoms with Crippen LogP contribution in [0.25, 0.3) is 0 Å². The maximum absolute atomic E-state index is 11.0. The van der Waals surface area contributed by atoms with Gasteiger partial charge in [0.1, 0.15) is 9.84 Å². The highest BCUT2D eigenvalue weighted by Crippen LogP contribution is 2.31. The molecule has 2 N–H and O–H groups in total. The number of rotatable bonds is 6. The lowest BCUT2D eigenvalue weighted by Crippen LogP contribution is -2.33. The highest BCUT2D eigenvalue weighted by atomic mass is 32.2. The van der Waals surface area contributed by atoms with Gasteiger partial charge in [-0.05, 0) is 38.3 Å². The predicted octanol–water partition coefficient (Wildman–Crippen LogP) is 0.338. The summed E-state index contributed by atoms with van der Waals surface area (Å²) in [5, 5.41) is 0. The van der Waals surface area contributed by atoms with Gasteiger partial charge in [-0.25, -0.2) is 8.42 Å². The molecule has 96 valence electrons. The molecule has 0 amide bonds. The summed E-state index contributed by atoms with van der Waals surface area (Å²) in [6.07, 6.45) is 5.04. The third-order valence-corrected chi connectivity index (χ3v) is 4.43. The molecule has 2 unspecified atom stereocenters. The van der Waals surface area contributed by atoms with Crippen LogP contribution in [0, 0.1) is 11.8 Å². The lowest BCUT2D eigenvalue weighted by atomic mass is 9.96. The summed E-state index contributed by atoms with van der Waals surface area (Å²) in [7, 11) is -0.841. The maximum atomic E-state index is 11.0. The van der Waals surface area contributed by atoms with Crippen LogP contribution in [-0.4, -0.2) is 52.0 Å². The lowest BCUT2D eigenvalue weighted by molar-refractivity contribution is 0.252. The average Bonchev–Trinajstić information content (AvgIpc) is 2.61. The van der Waals surface area contributed by atoms with E-state index in [1.165, 1.54) is 25.5 Å². The van der Waals surface area contributed by atoms with Crippen LogP contribution in [0.2, 0.25) is 0 Å². The number of sulfone groups is 1. The van der Waals surface area contributed by atoms with E-state index in [-0.39, 0.29) is 5.75 Å². The molecule has 1 aliphatic rings. The van der Waals surface area contributed by atoms with E-state index in [2.05, 4.69) is 4.90 Å². The van der Waals surface area contributed by atoms with Crippen LogP contribution in [0.1, 0.15) is 19.3 Å². The zero-order valence-corrected chi connectivity index (χ0v) is 11.2. The first-order valence-corrected chi connectivity index (χ1v) is 8.05. The van der Waals surface area contributed by atoms with Gasteiger partial charge in [-0.2, -0.15) is 0 Å². The molecule has 0 aromatic carbocycles. The van der Waals surface area contributed by atoms with Crippen molar-refractivity contribution >= 4 is 9.84 Å². The topological polar surface area (TPSA) is 63.4 Å². The zero-order chi connectivity index (χ0) is 12.2. The van der Waals surface area contributed by atoms with Crippen molar-refractivity contribution in [2.24, 2.45) is 17.6 Å². The van der Waals surface area contributed by atoms with Gasteiger partial charge in [0.2, 0.25) is 0 Å². The Morgan fingerprint density at radius 3 is 2.50 bits per heavy atom. The molecule has 0 bridgehead atoms. The van der Waals surface area contributed by atoms with Crippen LogP contribution < -0.4 is 5.73 Å². The predicted molar refractivity (Wildman–Crippen MR) is 67.1 cm³/mol. The Morgan fingerprint density at radius 2 is 1.94 bits per heavy atom. The van der Waals surface area contributed by atoms with Gasteiger partial charge in [0.05, 0.1) is 5.75 Å². The zero-order valence-electron chi connectivity index (χ0n) is 10.4. The molecule has 0 spiro atoms. The smallest absolute Gasteiger partial charge is 0.148 e. The van der Waals surface area contributed by atoms with E-state index in [1.807, 2.05) is 7.05 Å². The number of hydrogen-bond acceptors (Lipinski definition) is 4. The van der Waals surface area contributed by atoms with Gasteiger partial charge in [0, 0.05) is 19.3 Å². The van der Waals surface area contributed by atoms with E-state index in [4.69, 9.17) is 5.73 Å². The largest absolute Gasteiger partial charge is 0.330 e. The molecule has 0 aromatic rings. The molecule has 2 atom stereocenters. The third-order valence-electron chi connectivity index (χ3n) is 3.51. The van der Waals surface area contributed by atoms with Gasteiger partial charge in [-0.1, -0.05) is 6.42 Å². The first kappa shape index (κ1) is 13.9. The minimum Gasteiger partial charge on any atom is -0.330 e. The summed E-state index contributed by atoms with van der Waals surface area (Å²) in [6, 6.07) is 0. The van der Waals surface area contributed by atoms with Crippen LogP contribution >= 0.6 is 0 Å². The van der Waals surface area contributed by atoms with Crippen molar-refractivity contribution in [3.05, 3.63) is 0 Å². The second-order valence-corrected chi connectivity index (χ2v) is 7.34. The fourth-order valence-corrected chi connectivity index (χ4v) is 3.12. The summed E-state index contributed by atoms with van der Waals surface area (Å²) in [5.74, 6) is 1.55. The Kier molecular flexibility index (Phi) is 5.21. The Morgan fingerprint density at radius 1 is 1.31 bits per heavy atom. The summed E-state index contributed by atoms with van der Waals surface area (Å²) in [5.41, 5.74) is 5.73. The standard InChI is InChI=1S/C11H24N2O2S/c1-13(6-7-16(2,14)15)9-11-5-3-4-10(11)8-12/h10-11H,3-9,12H2,1-2H3. The van der Waals surface area contributed by atoms with Gasteiger partial charge in [-0.15, -0.1) is 0 Å². The third kappa shape index (κ3) is 4.80. The monoisotopic (exact) mass is 248 g/mol. The summed E-state index contributed by atoms with van der Waals surface area (Å²) in [4.78, 5) is 2.12. The first-order chi connectivity index (χ1) is 7.42. The highest BCUT2D eigenvalue weighted by Gasteiger charge is 2.26. The quantitative estimate of drug-likeness (QED) is 0.736. The summed E-state index contributed by atoms with van der Waals surface area (Å²) in [6.45, 7) is 2.38. The van der Waals surface area contributed by atoms with E-state index in [0.29, 0.717) is 18.4 Å². The van der Waals surface area contributed by atoms with E-state index in [9.17, 15) is 8.42 Å². The van der Waals surface area contributed by atoms with Crippen molar-refractivity contribution in [3.8, 4) is 0 Å². The molecule has 0 saturated heterocycles. The molecule has 0 heterocycles. The fraction of sp³-hybridized carbons (Fsp3) is 1.00. The van der Waals surface area contributed by atoms with Crippen molar-refractivity contribution in [3.63, 3.8) is 0 Å². The Hall–Kier alpha value is -0.130. The minimum atomic E-state index is -2.84. The second-order valence-electron chi connectivity index (χ2n) is 5.08. The normalized spacial score (nSPS) is 26.5. The van der Waals surface area contributed by atoms with Crippen molar-refractivity contribution in [1.29, 1.82) is 0 Å². The Labute approximate surface area is 99.1 Å². The van der Waals surface area contributed by atoms with E-state index < -0.39 is 9.84 Å². The Bertz CT molecular complexity index is 303. The second kappa shape index (κ2) is 5.98. The average molecular weight is 248 g/mol. The minimum absolute atomic E-state index is 0.253. The van der Waals surface area contributed by atoms with E-state index >= 15 is 0 Å². The molecule has 1 aliphatic carbocycles. The van der Waals surface area contributed by atoms with Gasteiger partial charge in [0.25, 0.3) is 0 Å². The Balaban J connectivity index is 2.31. The van der Waals surface area contributed by atoms with Crippen LogP contribution in [0.15, 0.2) is 0 Å². The molecular weight excluding hydrogens is 224 g/mol. The molecule has 4 nitrogen and oxygen atoms in total. The van der Waals surface area contributed by atoms with Crippen LogP contribution in [-0.2, 0) is 9.84 Å². The van der Waals surface area contributed by atoms with Crippen molar-refractivity contribution < 1.29 is 8.42 Å². The van der Waals surface area contributed by atoms with Gasteiger partial charge < -0.3 is 10.6 Å². The molecule has 5 heteroatoms. The molecule has 0 aromatic heterocycles. The van der Waals surface area contributed by atoms with Gasteiger partial charge >= 0.3 is 0 Å². The number of nitrogens with zero attached hydrogens (tertiary/aromatic N) is 1. The summed E-state index contributed by atoms with van der Waals surface area (Å²) < 4.78 is 22.1. The maximum Gasteiger partial charge on any atom is 0.148 e. The van der Waals surface area contributed by atoms with E-state index in [0.717, 1.165) is 13.1 Å². The fourth-order valence-electron chi connectivity index (χ4n) is 2.48. The first-order valence-electron chi connectivity index (χ1n) is 5.98. The van der Waals surface area contributed by atoms with Gasteiger partial charge in [-0.3, -0.25) is 0 Å². The van der Waals surface area contributed by atoms with Crippen LogP contribution in [0.4, 0.5) is 0 Å². The lowest BCUT2D eigenvalue weighted by Gasteiger charge is -2.24. The molecule has 1 rings (SSSR count). The van der Waals surface area contributed by atoms with Crippen molar-refractivity contribution in [2.75, 3.05) is 38.7 Å². The van der Waals surface area contributed by atoms with Gasteiger partial charge in [0.15, 0.2) is 0 Å². The molecule has 1 saturated carbocycles. The molecule has 0 radical (unpaired) electrons. The van der Waals surface area contributed by atoms with Crippen LogP contribution in [0.3, 0.4) is 0 Å². The highest BCUT2D eigenvalue weighted by molar-refractivity contribution is 7.90. The number of nitrogens with two attached hydrogens (primary N) is 1. The molecular formula is C11H24N2O2S. The molecule has 16 heavy (non-hydrogen) atoms. The van der Waals surface area contributed by atoms with Crippen molar-refractivity contribution in [1.82, 2.24) is 4.90 Å². The molecule has 0 aliphatic heterocycles. The number of hydrogen-bond donors (Lipinski definition) is 1. The van der Waals surface area contributed by atoms with Crippen molar-refractivity contribution in [2.45, 2.75) is 19.3 Å². The SMILES string of the molecule is CN(CCS(C)(=O)=O)CC1CCCC1CN.